The number of rotatable bonds is 5. The number of hydrogen-bond acceptors (Lipinski definition) is 5. The van der Waals surface area contributed by atoms with Crippen LogP contribution in [0.15, 0.2) is 36.7 Å². The molecule has 7 nitrogen and oxygen atoms in total. The second-order valence-corrected chi connectivity index (χ2v) is 8.24. The molecule has 0 spiro atoms. The quantitative estimate of drug-likeness (QED) is 0.869. The second kappa shape index (κ2) is 6.89. The van der Waals surface area contributed by atoms with E-state index >= 15 is 0 Å². The predicted molar refractivity (Wildman–Crippen MR) is 92.7 cm³/mol. The number of benzene rings is 1. The summed E-state index contributed by atoms with van der Waals surface area (Å²) in [6.45, 7) is 1.06. The highest BCUT2D eigenvalue weighted by molar-refractivity contribution is 7.88. The zero-order valence-electron chi connectivity index (χ0n) is 13.8. The molecule has 0 aliphatic carbocycles. The molecule has 1 saturated heterocycles. The van der Waals surface area contributed by atoms with Crippen molar-refractivity contribution in [3.8, 4) is 11.3 Å². The van der Waals surface area contributed by atoms with Gasteiger partial charge in [0.05, 0.1) is 29.4 Å². The Morgan fingerprint density at radius 2 is 2.00 bits per heavy atom. The van der Waals surface area contributed by atoms with E-state index in [9.17, 15) is 13.2 Å². The standard InChI is InChI=1S/C17H19N3O4S/c1-25(23,24)20-7-6-12(11-20)8-15-9-18-10-16(19-15)13-2-4-14(5-3-13)17(21)22/h2-5,9-10,12H,6-8,11H2,1H3,(H,21,22). The van der Waals surface area contributed by atoms with Gasteiger partial charge >= 0.3 is 5.97 Å². The molecule has 1 aliphatic heterocycles. The van der Waals surface area contributed by atoms with Crippen molar-refractivity contribution in [2.24, 2.45) is 5.92 Å². The molecule has 0 amide bonds. The lowest BCUT2D eigenvalue weighted by atomic mass is 10.0. The zero-order valence-corrected chi connectivity index (χ0v) is 14.6. The average molecular weight is 361 g/mol. The Kier molecular flexibility index (Phi) is 4.82. The van der Waals surface area contributed by atoms with Crippen molar-refractivity contribution in [1.29, 1.82) is 0 Å². The monoisotopic (exact) mass is 361 g/mol. The molecule has 1 aromatic carbocycles. The number of hydrogen-bond donors (Lipinski definition) is 1. The van der Waals surface area contributed by atoms with Gasteiger partial charge in [-0.25, -0.2) is 22.5 Å². The molecule has 0 bridgehead atoms. The average Bonchev–Trinajstić information content (AvgIpc) is 3.04. The summed E-state index contributed by atoms with van der Waals surface area (Å²) >= 11 is 0. The summed E-state index contributed by atoms with van der Waals surface area (Å²) in [4.78, 5) is 19.7. The van der Waals surface area contributed by atoms with E-state index in [1.807, 2.05) is 0 Å². The summed E-state index contributed by atoms with van der Waals surface area (Å²) in [6.07, 6.45) is 6.04. The Morgan fingerprint density at radius 3 is 2.60 bits per heavy atom. The molecule has 1 unspecified atom stereocenters. The number of nitrogens with zero attached hydrogens (tertiary/aromatic N) is 3. The highest BCUT2D eigenvalue weighted by Gasteiger charge is 2.28. The Hall–Kier alpha value is -2.32. The maximum Gasteiger partial charge on any atom is 0.335 e. The molecule has 1 aliphatic rings. The molecule has 0 radical (unpaired) electrons. The van der Waals surface area contributed by atoms with E-state index in [0.717, 1.165) is 17.7 Å². The number of aromatic nitrogens is 2. The molecule has 25 heavy (non-hydrogen) atoms. The van der Waals surface area contributed by atoms with Gasteiger partial charge in [-0.3, -0.25) is 4.98 Å². The molecule has 1 aromatic heterocycles. The van der Waals surface area contributed by atoms with Gasteiger partial charge in [-0.1, -0.05) is 12.1 Å². The molecule has 0 saturated carbocycles. The normalized spacial score (nSPS) is 18.4. The van der Waals surface area contributed by atoms with Crippen molar-refractivity contribution in [2.45, 2.75) is 12.8 Å². The summed E-state index contributed by atoms with van der Waals surface area (Å²) in [5.74, 6) is -0.739. The molecule has 1 atom stereocenters. The first-order chi connectivity index (χ1) is 11.8. The van der Waals surface area contributed by atoms with Crippen LogP contribution in [0.4, 0.5) is 0 Å². The van der Waals surface area contributed by atoms with Crippen molar-refractivity contribution in [1.82, 2.24) is 14.3 Å². The Morgan fingerprint density at radius 1 is 1.28 bits per heavy atom. The summed E-state index contributed by atoms with van der Waals surface area (Å²) in [5.41, 5.74) is 2.50. The van der Waals surface area contributed by atoms with Crippen molar-refractivity contribution in [2.75, 3.05) is 19.3 Å². The smallest absolute Gasteiger partial charge is 0.335 e. The molecular weight excluding hydrogens is 342 g/mol. The van der Waals surface area contributed by atoms with Gasteiger partial charge in [0, 0.05) is 24.8 Å². The van der Waals surface area contributed by atoms with Crippen molar-refractivity contribution in [3.05, 3.63) is 47.9 Å². The van der Waals surface area contributed by atoms with Crippen LogP contribution < -0.4 is 0 Å². The fourth-order valence-corrected chi connectivity index (χ4v) is 3.91. The summed E-state index contributed by atoms with van der Waals surface area (Å²) in [6, 6.07) is 6.48. The lowest BCUT2D eigenvalue weighted by molar-refractivity contribution is 0.0697. The molecule has 3 rings (SSSR count). The van der Waals surface area contributed by atoms with Gasteiger partial charge in [0.1, 0.15) is 0 Å². The summed E-state index contributed by atoms with van der Waals surface area (Å²) in [5, 5.41) is 8.95. The van der Waals surface area contributed by atoms with Gasteiger partial charge in [-0.2, -0.15) is 0 Å². The van der Waals surface area contributed by atoms with E-state index in [4.69, 9.17) is 5.11 Å². The Labute approximate surface area is 146 Å². The largest absolute Gasteiger partial charge is 0.478 e. The first kappa shape index (κ1) is 17.5. The van der Waals surface area contributed by atoms with Gasteiger partial charge in [-0.05, 0) is 30.9 Å². The predicted octanol–water partition coefficient (Wildman–Crippen LogP) is 1.67. The number of sulfonamides is 1. The van der Waals surface area contributed by atoms with E-state index in [2.05, 4.69) is 9.97 Å². The Balaban J connectivity index is 1.73. The van der Waals surface area contributed by atoms with Crippen LogP contribution in [0.25, 0.3) is 11.3 Å². The van der Waals surface area contributed by atoms with Crippen LogP contribution >= 0.6 is 0 Å². The van der Waals surface area contributed by atoms with Crippen LogP contribution in [0, 0.1) is 5.92 Å². The Bertz CT molecular complexity index is 881. The fourth-order valence-electron chi connectivity index (χ4n) is 2.99. The molecular formula is C17H19N3O4S. The second-order valence-electron chi connectivity index (χ2n) is 6.26. The lowest BCUT2D eigenvalue weighted by Crippen LogP contribution is -2.27. The third-order valence-electron chi connectivity index (χ3n) is 4.33. The van der Waals surface area contributed by atoms with Gasteiger partial charge < -0.3 is 5.11 Å². The van der Waals surface area contributed by atoms with E-state index < -0.39 is 16.0 Å². The highest BCUT2D eigenvalue weighted by Crippen LogP contribution is 2.23. The summed E-state index contributed by atoms with van der Waals surface area (Å²) < 4.78 is 24.7. The van der Waals surface area contributed by atoms with Gasteiger partial charge in [0.15, 0.2) is 0 Å². The van der Waals surface area contributed by atoms with Crippen molar-refractivity contribution < 1.29 is 18.3 Å². The zero-order chi connectivity index (χ0) is 18.0. The molecule has 1 N–H and O–H groups in total. The topological polar surface area (TPSA) is 100 Å². The molecule has 1 fully saturated rings. The van der Waals surface area contributed by atoms with E-state index in [0.29, 0.717) is 25.2 Å². The lowest BCUT2D eigenvalue weighted by Gasteiger charge is -2.13. The van der Waals surface area contributed by atoms with E-state index in [-0.39, 0.29) is 11.5 Å². The van der Waals surface area contributed by atoms with Crippen LogP contribution in [-0.2, 0) is 16.4 Å². The number of carboxylic acid groups (broad SMARTS) is 1. The fraction of sp³-hybridized carbons (Fsp3) is 0.353. The van der Waals surface area contributed by atoms with E-state index in [1.165, 1.54) is 22.7 Å². The summed E-state index contributed by atoms with van der Waals surface area (Å²) in [7, 11) is -3.14. The minimum atomic E-state index is -3.14. The number of aromatic carboxylic acids is 1. The first-order valence-electron chi connectivity index (χ1n) is 7.92. The third-order valence-corrected chi connectivity index (χ3v) is 5.60. The van der Waals surface area contributed by atoms with Crippen molar-refractivity contribution in [3.63, 3.8) is 0 Å². The molecule has 2 heterocycles. The number of carbonyl (C=O) groups is 1. The molecule has 132 valence electrons. The maximum absolute atomic E-state index is 11.6. The number of carboxylic acids is 1. The van der Waals surface area contributed by atoms with Crippen LogP contribution in [0.5, 0.6) is 0 Å². The van der Waals surface area contributed by atoms with Crippen LogP contribution in [0.1, 0.15) is 22.5 Å². The SMILES string of the molecule is CS(=O)(=O)N1CCC(Cc2cncc(-c3ccc(C(=O)O)cc3)n2)C1. The minimum Gasteiger partial charge on any atom is -0.478 e. The van der Waals surface area contributed by atoms with E-state index in [1.54, 1.807) is 24.5 Å². The molecule has 8 heteroatoms. The van der Waals surface area contributed by atoms with Crippen molar-refractivity contribution >= 4 is 16.0 Å². The third kappa shape index (κ3) is 4.21. The maximum atomic E-state index is 11.6. The van der Waals surface area contributed by atoms with Gasteiger partial charge in [0.25, 0.3) is 0 Å². The van der Waals surface area contributed by atoms with Crippen LogP contribution in [0.3, 0.4) is 0 Å². The minimum absolute atomic E-state index is 0.222. The van der Waals surface area contributed by atoms with Crippen LogP contribution in [-0.4, -0.2) is 53.1 Å². The highest BCUT2D eigenvalue weighted by atomic mass is 32.2. The van der Waals surface area contributed by atoms with Gasteiger partial charge in [0.2, 0.25) is 10.0 Å². The molecule has 2 aromatic rings. The first-order valence-corrected chi connectivity index (χ1v) is 9.77. The van der Waals surface area contributed by atoms with Gasteiger partial charge in [-0.15, -0.1) is 0 Å². The van der Waals surface area contributed by atoms with Crippen LogP contribution in [0.2, 0.25) is 0 Å².